The van der Waals surface area contributed by atoms with Gasteiger partial charge in [0.05, 0.1) is 12.0 Å². The Morgan fingerprint density at radius 1 is 1.00 bits per heavy atom. The highest BCUT2D eigenvalue weighted by Crippen LogP contribution is 2.36. The fraction of sp³-hybridized carbons (Fsp3) is 0.265. The molecule has 0 radical (unpaired) electrons. The number of furan rings is 1. The molecule has 8 nitrogen and oxygen atoms in total. The minimum absolute atomic E-state index is 0.0233. The quantitative estimate of drug-likeness (QED) is 0.175. The smallest absolute Gasteiger partial charge is 0.257 e. The molecule has 218 valence electrons. The van der Waals surface area contributed by atoms with Crippen molar-refractivity contribution in [3.63, 3.8) is 0 Å². The molecule has 0 aliphatic heterocycles. The van der Waals surface area contributed by atoms with Crippen molar-refractivity contribution in [2.24, 2.45) is 0 Å². The Bertz CT molecular complexity index is 1890. The molecule has 3 aromatic carbocycles. The number of amides is 2. The van der Waals surface area contributed by atoms with Crippen LogP contribution in [0.3, 0.4) is 0 Å². The van der Waals surface area contributed by atoms with Gasteiger partial charge in [0.15, 0.2) is 11.6 Å². The predicted molar refractivity (Wildman–Crippen MR) is 169 cm³/mol. The summed E-state index contributed by atoms with van der Waals surface area (Å²) >= 11 is 1.22. The maximum Gasteiger partial charge on any atom is 0.257 e. The van der Waals surface area contributed by atoms with Crippen LogP contribution in [0.15, 0.2) is 99.2 Å². The number of anilines is 1. The van der Waals surface area contributed by atoms with Crippen molar-refractivity contribution in [3.05, 3.63) is 90.9 Å². The molecule has 1 fully saturated rings. The van der Waals surface area contributed by atoms with Gasteiger partial charge < -0.3 is 18.7 Å². The molecule has 1 N–H and O–H groups in total. The van der Waals surface area contributed by atoms with Gasteiger partial charge in [0, 0.05) is 40.1 Å². The van der Waals surface area contributed by atoms with Crippen LogP contribution in [0.4, 0.5) is 5.69 Å². The van der Waals surface area contributed by atoms with Crippen LogP contribution in [0.5, 0.6) is 0 Å². The average molecular weight is 593 g/mol. The number of carbonyl (C=O) groups is 2. The molecule has 7 rings (SSSR count). The number of nitrogens with one attached hydrogen (secondary N) is 1. The summed E-state index contributed by atoms with van der Waals surface area (Å²) in [6, 6.07) is 24.4. The van der Waals surface area contributed by atoms with E-state index in [4.69, 9.17) is 8.83 Å². The summed E-state index contributed by atoms with van der Waals surface area (Å²) in [5, 5.41) is 5.73. The van der Waals surface area contributed by atoms with Crippen LogP contribution in [-0.4, -0.2) is 33.2 Å². The summed E-state index contributed by atoms with van der Waals surface area (Å²) in [5.74, 6) is -0.0751. The molecule has 3 heterocycles. The zero-order chi connectivity index (χ0) is 29.3. The van der Waals surface area contributed by atoms with E-state index in [1.165, 1.54) is 11.8 Å². The first-order valence-corrected chi connectivity index (χ1v) is 15.7. The van der Waals surface area contributed by atoms with Crippen molar-refractivity contribution in [3.8, 4) is 0 Å². The zero-order valence-corrected chi connectivity index (χ0v) is 24.7. The SMILES string of the molecule is CCn1c2ccccc2c2cc(N(C(=O)CSc3nc4ccccc4o3)[C@H](C(=O)NC3CCCC3)c3ccco3)ccc21. The second-order valence-electron chi connectivity index (χ2n) is 10.9. The van der Waals surface area contributed by atoms with Gasteiger partial charge in [0.2, 0.25) is 5.91 Å². The maximum atomic E-state index is 14.3. The lowest BCUT2D eigenvalue weighted by atomic mass is 10.1. The molecule has 1 aliphatic rings. The van der Waals surface area contributed by atoms with Gasteiger partial charge in [-0.3, -0.25) is 14.5 Å². The Balaban J connectivity index is 1.31. The van der Waals surface area contributed by atoms with E-state index in [-0.39, 0.29) is 23.6 Å². The Kier molecular flexibility index (Phi) is 7.40. The first-order chi connectivity index (χ1) is 21.1. The van der Waals surface area contributed by atoms with Crippen molar-refractivity contribution in [1.82, 2.24) is 14.9 Å². The van der Waals surface area contributed by atoms with Gasteiger partial charge in [0.1, 0.15) is 11.3 Å². The van der Waals surface area contributed by atoms with Crippen LogP contribution >= 0.6 is 11.8 Å². The van der Waals surface area contributed by atoms with Gasteiger partial charge in [0.25, 0.3) is 11.1 Å². The fourth-order valence-corrected chi connectivity index (χ4v) is 6.94. The number of aromatic nitrogens is 2. The number of nitrogens with zero attached hydrogens (tertiary/aromatic N) is 3. The van der Waals surface area contributed by atoms with E-state index in [1.807, 2.05) is 54.6 Å². The Hall–Kier alpha value is -4.50. The first-order valence-electron chi connectivity index (χ1n) is 14.8. The van der Waals surface area contributed by atoms with Gasteiger partial charge in [-0.25, -0.2) is 4.98 Å². The summed E-state index contributed by atoms with van der Waals surface area (Å²) in [6.07, 6.45) is 5.57. The summed E-state index contributed by atoms with van der Waals surface area (Å²) < 4.78 is 14.0. The van der Waals surface area contributed by atoms with Crippen LogP contribution < -0.4 is 10.2 Å². The predicted octanol–water partition coefficient (Wildman–Crippen LogP) is 7.47. The van der Waals surface area contributed by atoms with E-state index in [2.05, 4.69) is 33.9 Å². The highest BCUT2D eigenvalue weighted by Gasteiger charge is 2.36. The third-order valence-corrected chi connectivity index (χ3v) is 9.05. The highest BCUT2D eigenvalue weighted by molar-refractivity contribution is 7.99. The van der Waals surface area contributed by atoms with E-state index >= 15 is 0 Å². The van der Waals surface area contributed by atoms with Crippen molar-refractivity contribution in [2.45, 2.75) is 56.5 Å². The van der Waals surface area contributed by atoms with E-state index < -0.39 is 6.04 Å². The van der Waals surface area contributed by atoms with Gasteiger partial charge >= 0.3 is 0 Å². The van der Waals surface area contributed by atoms with Crippen LogP contribution in [0, 0.1) is 0 Å². The topological polar surface area (TPSA) is 93.5 Å². The number of oxazole rings is 1. The maximum absolute atomic E-state index is 14.3. The summed E-state index contributed by atoms with van der Waals surface area (Å²) in [5.41, 5.74) is 4.22. The number of para-hydroxylation sites is 3. The molecule has 3 aromatic heterocycles. The van der Waals surface area contributed by atoms with Gasteiger partial charge in [-0.2, -0.15) is 0 Å². The largest absolute Gasteiger partial charge is 0.467 e. The van der Waals surface area contributed by atoms with E-state index in [1.54, 1.807) is 23.3 Å². The molecule has 0 saturated heterocycles. The second-order valence-corrected chi connectivity index (χ2v) is 11.8. The first kappa shape index (κ1) is 27.3. The Morgan fingerprint density at radius 3 is 2.58 bits per heavy atom. The van der Waals surface area contributed by atoms with Crippen molar-refractivity contribution in [1.29, 1.82) is 0 Å². The molecule has 1 atom stereocenters. The molecule has 1 aliphatic carbocycles. The number of carbonyl (C=O) groups excluding carboxylic acids is 2. The molecule has 0 spiro atoms. The zero-order valence-electron chi connectivity index (χ0n) is 23.9. The number of thioether (sulfide) groups is 1. The normalized spacial score (nSPS) is 14.5. The number of rotatable bonds is 9. The average Bonchev–Trinajstić information content (AvgIpc) is 3.85. The molecule has 2 amide bonds. The van der Waals surface area contributed by atoms with E-state index in [9.17, 15) is 9.59 Å². The lowest BCUT2D eigenvalue weighted by Crippen LogP contribution is -2.46. The molecule has 9 heteroatoms. The van der Waals surface area contributed by atoms with Crippen molar-refractivity contribution >= 4 is 62.2 Å². The molecule has 0 unspecified atom stereocenters. The van der Waals surface area contributed by atoms with Crippen molar-refractivity contribution < 1.29 is 18.4 Å². The molecule has 1 saturated carbocycles. The lowest BCUT2D eigenvalue weighted by molar-refractivity contribution is -0.126. The summed E-state index contributed by atoms with van der Waals surface area (Å²) in [6.45, 7) is 2.94. The third kappa shape index (κ3) is 5.18. The van der Waals surface area contributed by atoms with Crippen LogP contribution in [0.2, 0.25) is 0 Å². The van der Waals surface area contributed by atoms with Gasteiger partial charge in [-0.15, -0.1) is 0 Å². The number of hydrogen-bond acceptors (Lipinski definition) is 6. The third-order valence-electron chi connectivity index (χ3n) is 8.23. The molecule has 0 bridgehead atoms. The molecule has 43 heavy (non-hydrogen) atoms. The van der Waals surface area contributed by atoms with E-state index in [0.717, 1.165) is 59.6 Å². The molecular weight excluding hydrogens is 560 g/mol. The minimum atomic E-state index is -0.982. The standard InChI is InChI=1S/C34H32N4O4S/c1-2-37-27-14-7-5-12-24(27)25-20-23(17-18-28(25)37)38(31(39)21-43-34-36-26-13-6-8-15-29(26)42-34)32(30-16-9-19-41-30)33(40)35-22-10-3-4-11-22/h5-9,12-20,22,32H,2-4,10-11,21H2,1H3,(H,35,40)/t32-/m0/s1. The van der Waals surface area contributed by atoms with Crippen molar-refractivity contribution in [2.75, 3.05) is 10.7 Å². The van der Waals surface area contributed by atoms with Crippen LogP contribution in [0.1, 0.15) is 44.4 Å². The van der Waals surface area contributed by atoms with Crippen LogP contribution in [0.25, 0.3) is 32.9 Å². The molecule has 6 aromatic rings. The highest BCUT2D eigenvalue weighted by atomic mass is 32.2. The van der Waals surface area contributed by atoms with E-state index in [0.29, 0.717) is 22.3 Å². The number of aryl methyl sites for hydroxylation is 1. The lowest BCUT2D eigenvalue weighted by Gasteiger charge is -2.31. The fourth-order valence-electron chi connectivity index (χ4n) is 6.25. The molecular formula is C34H32N4O4S. The summed E-state index contributed by atoms with van der Waals surface area (Å²) in [7, 11) is 0. The monoisotopic (exact) mass is 592 g/mol. The van der Waals surface area contributed by atoms with Gasteiger partial charge in [-0.1, -0.05) is 54.9 Å². The van der Waals surface area contributed by atoms with Gasteiger partial charge in [-0.05, 0) is 68.3 Å². The number of benzene rings is 3. The number of hydrogen-bond donors (Lipinski definition) is 1. The van der Waals surface area contributed by atoms with Crippen LogP contribution in [-0.2, 0) is 16.1 Å². The minimum Gasteiger partial charge on any atom is -0.467 e. The Morgan fingerprint density at radius 2 is 1.79 bits per heavy atom. The summed E-state index contributed by atoms with van der Waals surface area (Å²) in [4.78, 5) is 34.4. The second kappa shape index (κ2) is 11.6. The number of fused-ring (bicyclic) bond motifs is 4. The Labute approximate surface area is 253 Å².